The van der Waals surface area contributed by atoms with Crippen molar-refractivity contribution in [3.05, 3.63) is 59.8 Å². The van der Waals surface area contributed by atoms with Crippen LogP contribution in [0.1, 0.15) is 35.8 Å². The number of nitrogens with zero attached hydrogens (tertiary/aromatic N) is 4. The van der Waals surface area contributed by atoms with Crippen molar-refractivity contribution in [1.29, 1.82) is 0 Å². The molecule has 2 unspecified atom stereocenters. The summed E-state index contributed by atoms with van der Waals surface area (Å²) in [5.74, 6) is 0.254. The lowest BCUT2D eigenvalue weighted by Gasteiger charge is -2.27. The van der Waals surface area contributed by atoms with Gasteiger partial charge in [-0.05, 0) is 24.5 Å². The standard InChI is InChI=1S/C23H24N4O4/c1-26(12-16-9-18(31-25-16)15-4-5-15)21(28)19-17-6-7-23(30-17)13-27(22(29)20(19)23)11-14-3-2-8-24-10-14/h2-3,6-10,15,17,19-20H,4-5,11-13H2,1H3/t17-,19?,20?,23-/m0/s1. The van der Waals surface area contributed by atoms with Crippen molar-refractivity contribution in [2.24, 2.45) is 11.8 Å². The first-order chi connectivity index (χ1) is 15.0. The van der Waals surface area contributed by atoms with Gasteiger partial charge < -0.3 is 19.1 Å². The zero-order chi connectivity index (χ0) is 21.2. The fourth-order valence-corrected chi connectivity index (χ4v) is 5.24. The van der Waals surface area contributed by atoms with Gasteiger partial charge in [0, 0.05) is 38.0 Å². The van der Waals surface area contributed by atoms with Crippen LogP contribution in [0.25, 0.3) is 0 Å². The molecule has 4 aliphatic rings. The molecule has 3 fully saturated rings. The molecule has 6 rings (SSSR count). The molecule has 8 heteroatoms. The number of aromatic nitrogens is 2. The Labute approximate surface area is 179 Å². The Bertz CT molecular complexity index is 1060. The predicted molar refractivity (Wildman–Crippen MR) is 108 cm³/mol. The van der Waals surface area contributed by atoms with E-state index in [2.05, 4.69) is 10.1 Å². The van der Waals surface area contributed by atoms with Crippen LogP contribution < -0.4 is 0 Å². The number of carbonyl (C=O) groups is 2. The molecule has 160 valence electrons. The van der Waals surface area contributed by atoms with Gasteiger partial charge in [0.15, 0.2) is 0 Å². The lowest BCUT2D eigenvalue weighted by Crippen LogP contribution is -2.44. The van der Waals surface area contributed by atoms with Crippen LogP contribution in [-0.4, -0.2) is 57.1 Å². The largest absolute Gasteiger partial charge is 0.361 e. The van der Waals surface area contributed by atoms with Gasteiger partial charge in [0.1, 0.15) is 17.1 Å². The SMILES string of the molecule is CN(Cc1cc(C2CC2)on1)C(=O)C1C2C(=O)N(Cc3cccnc3)C[C@@]23C=C[C@@H]1O3. The van der Waals surface area contributed by atoms with Gasteiger partial charge in [-0.3, -0.25) is 14.6 Å². The zero-order valence-corrected chi connectivity index (χ0v) is 17.3. The molecule has 2 bridgehead atoms. The highest BCUT2D eigenvalue weighted by Crippen LogP contribution is 2.52. The van der Waals surface area contributed by atoms with Gasteiger partial charge in [0.2, 0.25) is 11.8 Å². The molecule has 0 N–H and O–H groups in total. The number of pyridine rings is 1. The molecule has 0 radical (unpaired) electrons. The van der Waals surface area contributed by atoms with Gasteiger partial charge in [0.25, 0.3) is 0 Å². The van der Waals surface area contributed by atoms with E-state index in [0.29, 0.717) is 25.6 Å². The summed E-state index contributed by atoms with van der Waals surface area (Å²) in [4.78, 5) is 34.3. The van der Waals surface area contributed by atoms with Gasteiger partial charge in [-0.25, -0.2) is 0 Å². The van der Waals surface area contributed by atoms with Gasteiger partial charge in [-0.2, -0.15) is 0 Å². The van der Waals surface area contributed by atoms with E-state index in [9.17, 15) is 9.59 Å². The second-order valence-electron chi connectivity index (χ2n) is 9.14. The number of ether oxygens (including phenoxy) is 1. The number of likely N-dealkylation sites (tertiary alicyclic amines) is 1. The van der Waals surface area contributed by atoms with E-state index in [1.54, 1.807) is 29.2 Å². The quantitative estimate of drug-likeness (QED) is 0.663. The smallest absolute Gasteiger partial charge is 0.230 e. The van der Waals surface area contributed by atoms with Gasteiger partial charge >= 0.3 is 0 Å². The highest BCUT2D eigenvalue weighted by molar-refractivity contribution is 5.93. The van der Waals surface area contributed by atoms with E-state index in [1.165, 1.54) is 0 Å². The van der Waals surface area contributed by atoms with Crippen LogP contribution in [0.4, 0.5) is 0 Å². The molecular formula is C23H24N4O4. The number of fused-ring (bicyclic) bond motifs is 1. The maximum atomic E-state index is 13.4. The lowest BCUT2D eigenvalue weighted by molar-refractivity contribution is -0.143. The molecule has 3 aliphatic heterocycles. The average molecular weight is 420 g/mol. The third kappa shape index (κ3) is 3.00. The molecule has 2 aromatic heterocycles. The fraction of sp³-hybridized carbons (Fsp3) is 0.478. The Balaban J connectivity index is 1.20. The second-order valence-corrected chi connectivity index (χ2v) is 9.14. The average Bonchev–Trinajstić information content (AvgIpc) is 3.13. The summed E-state index contributed by atoms with van der Waals surface area (Å²) in [6.07, 6.45) is 9.31. The van der Waals surface area contributed by atoms with Crippen molar-refractivity contribution in [2.45, 2.75) is 43.6 Å². The number of amides is 2. The summed E-state index contributed by atoms with van der Waals surface area (Å²) >= 11 is 0. The summed E-state index contributed by atoms with van der Waals surface area (Å²) in [7, 11) is 1.75. The molecule has 4 atom stereocenters. The monoisotopic (exact) mass is 420 g/mol. The first-order valence-electron chi connectivity index (χ1n) is 10.8. The van der Waals surface area contributed by atoms with Crippen molar-refractivity contribution >= 4 is 11.8 Å². The van der Waals surface area contributed by atoms with E-state index in [-0.39, 0.29) is 17.9 Å². The minimum absolute atomic E-state index is 0.0279. The zero-order valence-electron chi connectivity index (χ0n) is 17.3. The highest BCUT2D eigenvalue weighted by Gasteiger charge is 2.67. The first kappa shape index (κ1) is 18.7. The number of carbonyl (C=O) groups excluding carboxylic acids is 2. The molecule has 2 saturated heterocycles. The fourth-order valence-electron chi connectivity index (χ4n) is 5.24. The van der Waals surface area contributed by atoms with E-state index in [1.807, 2.05) is 30.4 Å². The van der Waals surface area contributed by atoms with Crippen LogP contribution in [-0.2, 0) is 27.4 Å². The molecule has 8 nitrogen and oxygen atoms in total. The predicted octanol–water partition coefficient (Wildman–Crippen LogP) is 1.89. The van der Waals surface area contributed by atoms with Crippen molar-refractivity contribution in [2.75, 3.05) is 13.6 Å². The minimum atomic E-state index is -0.710. The Morgan fingerprint density at radius 2 is 2.26 bits per heavy atom. The minimum Gasteiger partial charge on any atom is -0.361 e. The summed E-state index contributed by atoms with van der Waals surface area (Å²) in [6.45, 7) is 1.28. The van der Waals surface area contributed by atoms with Crippen LogP contribution in [0.5, 0.6) is 0 Å². The molecule has 2 amide bonds. The summed E-state index contributed by atoms with van der Waals surface area (Å²) in [5.41, 5.74) is 0.990. The Kier molecular flexibility index (Phi) is 4.08. The van der Waals surface area contributed by atoms with Crippen LogP contribution in [0.3, 0.4) is 0 Å². The van der Waals surface area contributed by atoms with E-state index in [4.69, 9.17) is 9.26 Å². The van der Waals surface area contributed by atoms with Crippen LogP contribution in [0.2, 0.25) is 0 Å². The third-order valence-corrected chi connectivity index (χ3v) is 6.89. The molecular weight excluding hydrogens is 396 g/mol. The third-order valence-electron chi connectivity index (χ3n) is 6.89. The molecule has 31 heavy (non-hydrogen) atoms. The number of hydrogen-bond acceptors (Lipinski definition) is 6. The van der Waals surface area contributed by atoms with E-state index < -0.39 is 17.4 Å². The lowest BCUT2D eigenvalue weighted by atomic mass is 9.76. The normalized spacial score (nSPS) is 30.8. The second kappa shape index (κ2) is 6.75. The van der Waals surface area contributed by atoms with Crippen LogP contribution in [0, 0.1) is 11.8 Å². The van der Waals surface area contributed by atoms with Crippen molar-refractivity contribution < 1.29 is 18.8 Å². The molecule has 0 aromatic carbocycles. The summed E-state index contributed by atoms with van der Waals surface area (Å²) in [6, 6.07) is 5.75. The maximum Gasteiger partial charge on any atom is 0.230 e. The molecule has 1 spiro atoms. The Hall–Kier alpha value is -3.00. The van der Waals surface area contributed by atoms with Gasteiger partial charge in [-0.15, -0.1) is 0 Å². The van der Waals surface area contributed by atoms with Crippen LogP contribution in [0.15, 0.2) is 47.3 Å². The van der Waals surface area contributed by atoms with Crippen molar-refractivity contribution in [3.8, 4) is 0 Å². The highest BCUT2D eigenvalue weighted by atomic mass is 16.5. The van der Waals surface area contributed by atoms with E-state index in [0.717, 1.165) is 29.9 Å². The topological polar surface area (TPSA) is 88.8 Å². The van der Waals surface area contributed by atoms with Crippen molar-refractivity contribution in [3.63, 3.8) is 0 Å². The molecule has 2 aromatic rings. The van der Waals surface area contributed by atoms with Crippen molar-refractivity contribution in [1.82, 2.24) is 19.9 Å². The summed E-state index contributed by atoms with van der Waals surface area (Å²) in [5, 5.41) is 4.12. The molecule has 5 heterocycles. The first-order valence-corrected chi connectivity index (χ1v) is 10.8. The summed E-state index contributed by atoms with van der Waals surface area (Å²) < 4.78 is 11.6. The Morgan fingerprint density at radius 1 is 1.39 bits per heavy atom. The number of rotatable bonds is 6. The Morgan fingerprint density at radius 3 is 3.03 bits per heavy atom. The molecule has 1 aliphatic carbocycles. The number of hydrogen-bond donors (Lipinski definition) is 0. The van der Waals surface area contributed by atoms with Crippen LogP contribution >= 0.6 is 0 Å². The van der Waals surface area contributed by atoms with E-state index >= 15 is 0 Å². The van der Waals surface area contributed by atoms with Gasteiger partial charge in [0.05, 0.1) is 31.0 Å². The molecule has 1 saturated carbocycles. The van der Waals surface area contributed by atoms with Gasteiger partial charge in [-0.1, -0.05) is 23.4 Å². The maximum absolute atomic E-state index is 13.4.